The van der Waals surface area contributed by atoms with Crippen molar-refractivity contribution in [2.45, 2.75) is 19.5 Å². The Labute approximate surface area is 113 Å². The summed E-state index contributed by atoms with van der Waals surface area (Å²) in [5.74, 6) is 0. The molecule has 1 heterocycles. The van der Waals surface area contributed by atoms with Gasteiger partial charge in [0, 0.05) is 11.4 Å². The zero-order valence-electron chi connectivity index (χ0n) is 11.2. The van der Waals surface area contributed by atoms with Gasteiger partial charge in [0.1, 0.15) is 0 Å². The van der Waals surface area contributed by atoms with Crippen LogP contribution in [0.15, 0.2) is 35.7 Å². The molecule has 1 atom stereocenters. The maximum atomic E-state index is 5.73. The zero-order valence-corrected chi connectivity index (χ0v) is 12.0. The van der Waals surface area contributed by atoms with E-state index < -0.39 is 0 Å². The lowest BCUT2D eigenvalue weighted by molar-refractivity contribution is 0.345. The molecule has 2 nitrogen and oxygen atoms in total. The Bertz CT molecular complexity index is 517. The third-order valence-electron chi connectivity index (χ3n) is 3.17. The Balaban J connectivity index is 2.45. The first-order chi connectivity index (χ1) is 8.63. The van der Waals surface area contributed by atoms with Crippen molar-refractivity contribution in [2.75, 3.05) is 14.1 Å². The molecule has 0 amide bonds. The second-order valence-corrected chi connectivity index (χ2v) is 5.73. The summed E-state index contributed by atoms with van der Waals surface area (Å²) >= 11 is 1.82. The molecule has 0 spiro atoms. The monoisotopic (exact) mass is 260 g/mol. The molecule has 2 N–H and O–H groups in total. The van der Waals surface area contributed by atoms with Crippen LogP contribution in [0.2, 0.25) is 0 Å². The van der Waals surface area contributed by atoms with E-state index in [2.05, 4.69) is 61.6 Å². The van der Waals surface area contributed by atoms with Crippen LogP contribution in [0.4, 0.5) is 0 Å². The van der Waals surface area contributed by atoms with Crippen molar-refractivity contribution in [1.82, 2.24) is 4.90 Å². The first kappa shape index (κ1) is 13.3. The lowest BCUT2D eigenvalue weighted by Crippen LogP contribution is -2.21. The van der Waals surface area contributed by atoms with Gasteiger partial charge in [-0.05, 0) is 49.2 Å². The maximum absolute atomic E-state index is 5.73. The topological polar surface area (TPSA) is 29.3 Å². The van der Waals surface area contributed by atoms with Crippen LogP contribution >= 0.6 is 11.3 Å². The van der Waals surface area contributed by atoms with Crippen LogP contribution in [0.5, 0.6) is 0 Å². The van der Waals surface area contributed by atoms with Gasteiger partial charge in [0.05, 0.1) is 6.04 Å². The van der Waals surface area contributed by atoms with Gasteiger partial charge in [-0.2, -0.15) is 0 Å². The van der Waals surface area contributed by atoms with Gasteiger partial charge in [-0.3, -0.25) is 4.90 Å². The molecule has 0 fully saturated rings. The zero-order chi connectivity index (χ0) is 13.1. The molecular weight excluding hydrogens is 240 g/mol. The minimum Gasteiger partial charge on any atom is -0.326 e. The fourth-order valence-electron chi connectivity index (χ4n) is 2.24. The van der Waals surface area contributed by atoms with Gasteiger partial charge in [-0.15, -0.1) is 11.3 Å². The number of nitrogens with zero attached hydrogens (tertiary/aromatic N) is 1. The van der Waals surface area contributed by atoms with Crippen LogP contribution in [-0.4, -0.2) is 19.0 Å². The van der Waals surface area contributed by atoms with E-state index in [4.69, 9.17) is 5.73 Å². The predicted octanol–water partition coefficient (Wildman–Crippen LogP) is 3.17. The van der Waals surface area contributed by atoms with E-state index in [1.165, 1.54) is 21.6 Å². The molecule has 0 saturated heterocycles. The van der Waals surface area contributed by atoms with Crippen molar-refractivity contribution >= 4 is 11.3 Å². The van der Waals surface area contributed by atoms with E-state index in [1.807, 2.05) is 11.3 Å². The first-order valence-electron chi connectivity index (χ1n) is 6.12. The minimum absolute atomic E-state index is 0.316. The fourth-order valence-corrected chi connectivity index (χ4v) is 3.39. The summed E-state index contributed by atoms with van der Waals surface area (Å²) in [7, 11) is 4.25. The smallest absolute Gasteiger partial charge is 0.0693 e. The van der Waals surface area contributed by atoms with E-state index in [9.17, 15) is 0 Å². The van der Waals surface area contributed by atoms with Crippen molar-refractivity contribution in [1.29, 1.82) is 0 Å². The number of rotatable bonds is 4. The number of aryl methyl sites for hydroxylation is 1. The molecule has 0 aliphatic heterocycles. The Morgan fingerprint density at radius 2 is 2.06 bits per heavy atom. The second-order valence-electron chi connectivity index (χ2n) is 4.78. The minimum atomic E-state index is 0.316. The summed E-state index contributed by atoms with van der Waals surface area (Å²) in [6.45, 7) is 2.77. The third kappa shape index (κ3) is 2.64. The Morgan fingerprint density at radius 3 is 2.61 bits per heavy atom. The predicted molar refractivity (Wildman–Crippen MR) is 78.9 cm³/mol. The number of hydrogen-bond acceptors (Lipinski definition) is 3. The number of hydrogen-bond donors (Lipinski definition) is 1. The molecule has 3 heteroatoms. The fraction of sp³-hybridized carbons (Fsp3) is 0.333. The highest BCUT2D eigenvalue weighted by Crippen LogP contribution is 2.33. The van der Waals surface area contributed by atoms with E-state index in [0.717, 1.165) is 0 Å². The van der Waals surface area contributed by atoms with E-state index >= 15 is 0 Å². The average Bonchev–Trinajstić information content (AvgIpc) is 2.76. The summed E-state index contributed by atoms with van der Waals surface area (Å²) in [5.41, 5.74) is 9.59. The van der Waals surface area contributed by atoms with Crippen LogP contribution in [0.3, 0.4) is 0 Å². The molecule has 1 aromatic carbocycles. The Kier molecular flexibility index (Phi) is 4.17. The van der Waals surface area contributed by atoms with Gasteiger partial charge in [0.25, 0.3) is 0 Å². The quantitative estimate of drug-likeness (QED) is 0.915. The van der Waals surface area contributed by atoms with Crippen molar-refractivity contribution in [2.24, 2.45) is 5.73 Å². The average molecular weight is 260 g/mol. The molecule has 0 aliphatic carbocycles. The van der Waals surface area contributed by atoms with Crippen molar-refractivity contribution in [3.63, 3.8) is 0 Å². The summed E-state index contributed by atoms with van der Waals surface area (Å²) in [6.07, 6.45) is 0. The lowest BCUT2D eigenvalue weighted by Gasteiger charge is -2.25. The van der Waals surface area contributed by atoms with Crippen LogP contribution in [0.25, 0.3) is 0 Å². The van der Waals surface area contributed by atoms with Gasteiger partial charge in [0.2, 0.25) is 0 Å². The summed E-state index contributed by atoms with van der Waals surface area (Å²) in [5, 5.41) is 2.16. The largest absolute Gasteiger partial charge is 0.326 e. The van der Waals surface area contributed by atoms with Gasteiger partial charge >= 0.3 is 0 Å². The van der Waals surface area contributed by atoms with Crippen LogP contribution < -0.4 is 5.73 Å². The molecule has 0 bridgehead atoms. The van der Waals surface area contributed by atoms with Crippen LogP contribution in [0, 0.1) is 6.92 Å². The van der Waals surface area contributed by atoms with E-state index in [-0.39, 0.29) is 0 Å². The number of nitrogens with two attached hydrogens (primary N) is 1. The maximum Gasteiger partial charge on any atom is 0.0693 e. The van der Waals surface area contributed by atoms with Crippen molar-refractivity contribution < 1.29 is 0 Å². The number of benzene rings is 1. The Hall–Kier alpha value is -1.16. The Morgan fingerprint density at radius 1 is 1.28 bits per heavy atom. The van der Waals surface area contributed by atoms with Crippen molar-refractivity contribution in [3.05, 3.63) is 57.3 Å². The summed E-state index contributed by atoms with van der Waals surface area (Å²) < 4.78 is 0. The van der Waals surface area contributed by atoms with E-state index in [0.29, 0.717) is 12.6 Å². The van der Waals surface area contributed by atoms with Gasteiger partial charge in [-0.25, -0.2) is 0 Å². The summed E-state index contributed by atoms with van der Waals surface area (Å²) in [6, 6.07) is 11.1. The third-order valence-corrected chi connectivity index (χ3v) is 4.24. The highest BCUT2D eigenvalue weighted by atomic mass is 32.1. The van der Waals surface area contributed by atoms with Gasteiger partial charge in [-0.1, -0.05) is 24.3 Å². The van der Waals surface area contributed by atoms with Gasteiger partial charge in [0.15, 0.2) is 0 Å². The van der Waals surface area contributed by atoms with Crippen molar-refractivity contribution in [3.8, 4) is 0 Å². The molecule has 2 rings (SSSR count). The lowest BCUT2D eigenvalue weighted by atomic mass is 10.00. The summed E-state index contributed by atoms with van der Waals surface area (Å²) in [4.78, 5) is 3.67. The van der Waals surface area contributed by atoms with Crippen LogP contribution in [0.1, 0.15) is 27.6 Å². The van der Waals surface area contributed by atoms with E-state index in [1.54, 1.807) is 0 Å². The highest BCUT2D eigenvalue weighted by molar-refractivity contribution is 7.10. The molecule has 1 aromatic heterocycles. The SMILES string of the molecule is Cc1ccsc1C(c1cccc(CN)c1)N(C)C. The molecule has 96 valence electrons. The second kappa shape index (κ2) is 5.65. The molecule has 2 aromatic rings. The van der Waals surface area contributed by atoms with Gasteiger partial charge < -0.3 is 5.73 Å². The molecule has 0 aliphatic rings. The molecule has 0 radical (unpaired) electrons. The standard InChI is InChI=1S/C15H20N2S/c1-11-7-8-18-15(11)14(17(2)3)13-6-4-5-12(9-13)10-16/h4-9,14H,10,16H2,1-3H3. The highest BCUT2D eigenvalue weighted by Gasteiger charge is 2.19. The first-order valence-corrected chi connectivity index (χ1v) is 7.00. The molecule has 18 heavy (non-hydrogen) atoms. The molecule has 0 saturated carbocycles. The normalized spacial score (nSPS) is 12.9. The molecular formula is C15H20N2S. The molecule has 1 unspecified atom stereocenters. The number of thiophene rings is 1. The van der Waals surface area contributed by atoms with Crippen LogP contribution in [-0.2, 0) is 6.54 Å².